The van der Waals surface area contributed by atoms with E-state index in [0.717, 1.165) is 16.2 Å². The smallest absolute Gasteiger partial charge is 0.350 e. The quantitative estimate of drug-likeness (QED) is 0.275. The molecule has 1 aliphatic rings. The summed E-state index contributed by atoms with van der Waals surface area (Å²) in [5, 5.41) is 5.61. The molecule has 0 saturated heterocycles. The predicted molar refractivity (Wildman–Crippen MR) is 143 cm³/mol. The average molecular weight is 580 g/mol. The lowest BCUT2D eigenvalue weighted by atomic mass is 10.2. The lowest BCUT2D eigenvalue weighted by molar-refractivity contribution is -0.120. The average Bonchev–Trinajstić information content (AvgIpc) is 3.33. The van der Waals surface area contributed by atoms with Crippen molar-refractivity contribution in [2.45, 2.75) is 13.8 Å². The van der Waals surface area contributed by atoms with Crippen LogP contribution in [-0.4, -0.2) is 35.3 Å². The fraction of sp³-hybridized carbons (Fsp3) is 0.125. The molecule has 4 rings (SSSR count). The Bertz CT molecular complexity index is 1470. The molecule has 3 amide bonds. The van der Waals surface area contributed by atoms with E-state index >= 15 is 0 Å². The first-order valence-corrected chi connectivity index (χ1v) is 12.6. The van der Waals surface area contributed by atoms with Gasteiger partial charge in [-0.25, -0.2) is 14.7 Å². The number of hydrogen-bond donors (Lipinski definition) is 2. The van der Waals surface area contributed by atoms with Crippen molar-refractivity contribution < 1.29 is 23.9 Å². The van der Waals surface area contributed by atoms with Crippen molar-refractivity contribution in [2.75, 3.05) is 22.1 Å². The van der Waals surface area contributed by atoms with Crippen LogP contribution >= 0.6 is 46.1 Å². The van der Waals surface area contributed by atoms with Gasteiger partial charge in [0.25, 0.3) is 17.7 Å². The van der Waals surface area contributed by atoms with E-state index in [1.807, 2.05) is 0 Å². The molecule has 0 aliphatic carbocycles. The summed E-state index contributed by atoms with van der Waals surface area (Å²) in [7, 11) is 0. The molecule has 2 aromatic carbocycles. The number of amides is 3. The zero-order valence-electron chi connectivity index (χ0n) is 19.2. The molecule has 2 N–H and O–H groups in total. The second-order valence-electron chi connectivity index (χ2n) is 7.52. The minimum absolute atomic E-state index is 0.0387. The summed E-state index contributed by atoms with van der Waals surface area (Å²) in [6, 6.07) is 10.6. The molecule has 0 unspecified atom stereocenters. The van der Waals surface area contributed by atoms with Crippen molar-refractivity contribution in [3.05, 3.63) is 79.4 Å². The topological polar surface area (TPSA) is 118 Å². The maximum atomic E-state index is 13.0. The van der Waals surface area contributed by atoms with Crippen LogP contribution in [0.4, 0.5) is 16.5 Å². The highest BCUT2D eigenvalue weighted by atomic mass is 35.5. The van der Waals surface area contributed by atoms with Crippen LogP contribution in [-0.2, 0) is 14.3 Å². The fourth-order valence-corrected chi connectivity index (χ4v) is 4.80. The molecular formula is C24H17Cl3N4O5S. The van der Waals surface area contributed by atoms with E-state index in [-0.39, 0.29) is 43.8 Å². The molecule has 0 bridgehead atoms. The zero-order valence-corrected chi connectivity index (χ0v) is 22.3. The summed E-state index contributed by atoms with van der Waals surface area (Å²) in [6.07, 6.45) is 0. The van der Waals surface area contributed by atoms with Gasteiger partial charge in [-0.2, -0.15) is 0 Å². The molecule has 0 radical (unpaired) electrons. The van der Waals surface area contributed by atoms with Crippen LogP contribution in [0.1, 0.15) is 32.6 Å². The molecule has 0 spiro atoms. The standard InChI is InChI=1S/C24H17Cl3N4O5S/c1-3-36-23(35)19-11(2)28-24(37-19)30-20(32)12-7-9-13(10-8-12)29-18-17(27)21(33)31(22(18)34)15-6-4-5-14(25)16(15)26/h4-10,29H,3H2,1-2H3,(H,28,30,32). The molecule has 1 aromatic heterocycles. The van der Waals surface area contributed by atoms with E-state index in [2.05, 4.69) is 15.6 Å². The number of nitrogens with one attached hydrogen (secondary N) is 2. The third-order valence-corrected chi connectivity index (χ3v) is 7.31. The Morgan fingerprint density at radius 3 is 2.43 bits per heavy atom. The number of halogens is 3. The van der Waals surface area contributed by atoms with Crippen molar-refractivity contribution >= 4 is 86.3 Å². The summed E-state index contributed by atoms with van der Waals surface area (Å²) in [6.45, 7) is 3.58. The van der Waals surface area contributed by atoms with Crippen LogP contribution in [0.5, 0.6) is 0 Å². The monoisotopic (exact) mass is 578 g/mol. The van der Waals surface area contributed by atoms with Crippen LogP contribution in [0.15, 0.2) is 53.2 Å². The highest BCUT2D eigenvalue weighted by Crippen LogP contribution is 2.37. The number of nitrogens with zero attached hydrogens (tertiary/aromatic N) is 2. The van der Waals surface area contributed by atoms with Crippen molar-refractivity contribution in [3.63, 3.8) is 0 Å². The van der Waals surface area contributed by atoms with Crippen molar-refractivity contribution in [3.8, 4) is 0 Å². The van der Waals surface area contributed by atoms with Gasteiger partial charge in [0.2, 0.25) is 0 Å². The molecule has 0 atom stereocenters. The molecule has 0 saturated carbocycles. The molecule has 37 heavy (non-hydrogen) atoms. The van der Waals surface area contributed by atoms with Gasteiger partial charge in [-0.3, -0.25) is 19.7 Å². The molecule has 2 heterocycles. The van der Waals surface area contributed by atoms with E-state index in [1.165, 1.54) is 36.4 Å². The van der Waals surface area contributed by atoms with Crippen LogP contribution in [0.2, 0.25) is 10.0 Å². The molecule has 1 aliphatic heterocycles. The molecular weight excluding hydrogens is 563 g/mol. The summed E-state index contributed by atoms with van der Waals surface area (Å²) in [5.41, 5.74) is 1.10. The number of thiazole rings is 1. The Morgan fingerprint density at radius 1 is 1.05 bits per heavy atom. The maximum absolute atomic E-state index is 13.0. The van der Waals surface area contributed by atoms with Crippen LogP contribution < -0.4 is 15.5 Å². The molecule has 190 valence electrons. The molecule has 0 fully saturated rings. The van der Waals surface area contributed by atoms with Crippen molar-refractivity contribution in [1.29, 1.82) is 0 Å². The van der Waals surface area contributed by atoms with Crippen molar-refractivity contribution in [2.24, 2.45) is 0 Å². The second-order valence-corrected chi connectivity index (χ2v) is 9.68. The first-order valence-electron chi connectivity index (χ1n) is 10.7. The van der Waals surface area contributed by atoms with Crippen LogP contribution in [0.25, 0.3) is 0 Å². The SMILES string of the molecule is CCOC(=O)c1sc(NC(=O)c2ccc(NC3=C(Cl)C(=O)N(c4cccc(Cl)c4Cl)C3=O)cc2)nc1C. The summed E-state index contributed by atoms with van der Waals surface area (Å²) < 4.78 is 4.98. The number of hydrogen-bond acceptors (Lipinski definition) is 8. The number of aryl methyl sites for hydroxylation is 1. The van der Waals surface area contributed by atoms with Crippen LogP contribution in [0.3, 0.4) is 0 Å². The number of ether oxygens (including phenoxy) is 1. The van der Waals surface area contributed by atoms with Gasteiger partial charge < -0.3 is 10.1 Å². The summed E-state index contributed by atoms with van der Waals surface area (Å²) >= 11 is 19.4. The van der Waals surface area contributed by atoms with E-state index in [4.69, 9.17) is 39.5 Å². The third-order valence-electron chi connectivity index (χ3n) is 5.09. The highest BCUT2D eigenvalue weighted by Gasteiger charge is 2.40. The Morgan fingerprint density at radius 2 is 1.76 bits per heavy atom. The number of carbonyl (C=O) groups excluding carboxylic acids is 4. The number of benzene rings is 2. The number of imide groups is 1. The van der Waals surface area contributed by atoms with Gasteiger partial charge in [-0.05, 0) is 50.2 Å². The lowest BCUT2D eigenvalue weighted by Gasteiger charge is -2.17. The normalized spacial score (nSPS) is 13.3. The highest BCUT2D eigenvalue weighted by molar-refractivity contribution is 7.17. The summed E-state index contributed by atoms with van der Waals surface area (Å²) in [4.78, 5) is 55.6. The van der Waals surface area contributed by atoms with Gasteiger partial charge in [0.1, 0.15) is 15.6 Å². The number of esters is 1. The van der Waals surface area contributed by atoms with Crippen LogP contribution in [0, 0.1) is 6.92 Å². The first-order chi connectivity index (χ1) is 17.6. The van der Waals surface area contributed by atoms with E-state index < -0.39 is 23.7 Å². The van der Waals surface area contributed by atoms with Crippen molar-refractivity contribution in [1.82, 2.24) is 4.98 Å². The minimum atomic E-state index is -0.754. The van der Waals surface area contributed by atoms with Gasteiger partial charge >= 0.3 is 5.97 Å². The molecule has 9 nitrogen and oxygen atoms in total. The van der Waals surface area contributed by atoms with E-state index in [9.17, 15) is 19.2 Å². The second kappa shape index (κ2) is 10.9. The third kappa shape index (κ3) is 5.33. The molecule has 13 heteroatoms. The number of rotatable bonds is 7. The Hall–Kier alpha value is -3.44. The zero-order chi connectivity index (χ0) is 26.9. The lowest BCUT2D eigenvalue weighted by Crippen LogP contribution is -2.32. The predicted octanol–water partition coefficient (Wildman–Crippen LogP) is 5.62. The largest absolute Gasteiger partial charge is 0.462 e. The van der Waals surface area contributed by atoms with Gasteiger partial charge in [0, 0.05) is 11.3 Å². The van der Waals surface area contributed by atoms with E-state index in [0.29, 0.717) is 16.3 Å². The number of carbonyl (C=O) groups is 4. The Labute approximate surface area is 230 Å². The van der Waals surface area contributed by atoms with Gasteiger partial charge in [0.05, 0.1) is 28.0 Å². The maximum Gasteiger partial charge on any atom is 0.350 e. The Kier molecular flexibility index (Phi) is 7.84. The fourth-order valence-electron chi connectivity index (χ4n) is 3.35. The van der Waals surface area contributed by atoms with Gasteiger partial charge in [-0.1, -0.05) is 52.2 Å². The molecule has 3 aromatic rings. The van der Waals surface area contributed by atoms with Gasteiger partial charge in [-0.15, -0.1) is 0 Å². The van der Waals surface area contributed by atoms with Gasteiger partial charge in [0.15, 0.2) is 5.13 Å². The number of aromatic nitrogens is 1. The first kappa shape index (κ1) is 26.6. The summed E-state index contributed by atoms with van der Waals surface area (Å²) in [5.74, 6) is -2.42. The van der Waals surface area contributed by atoms with E-state index in [1.54, 1.807) is 19.9 Å². The minimum Gasteiger partial charge on any atom is -0.462 e. The Balaban J connectivity index is 1.47. The number of anilines is 3.